The Kier molecular flexibility index (Phi) is 4.89. The van der Waals surface area contributed by atoms with E-state index in [2.05, 4.69) is 136 Å². The van der Waals surface area contributed by atoms with Crippen LogP contribution in [0, 0.1) is 6.92 Å². The van der Waals surface area contributed by atoms with E-state index in [1.807, 2.05) is 0 Å². The number of hydrogen-bond donors (Lipinski definition) is 0. The van der Waals surface area contributed by atoms with Crippen LogP contribution in [0.3, 0.4) is 0 Å². The lowest BCUT2D eigenvalue weighted by atomic mass is 9.95. The van der Waals surface area contributed by atoms with Gasteiger partial charge < -0.3 is 4.40 Å². The fourth-order valence-corrected chi connectivity index (χ4v) is 6.78. The predicted molar refractivity (Wildman–Crippen MR) is 174 cm³/mol. The molecule has 0 saturated heterocycles. The van der Waals surface area contributed by atoms with Crippen molar-refractivity contribution in [2.45, 2.75) is 46.5 Å². The molecule has 0 atom stereocenters. The molecule has 0 saturated carbocycles. The highest BCUT2D eigenvalue weighted by Gasteiger charge is 2.20. The van der Waals surface area contributed by atoms with Crippen molar-refractivity contribution in [2.24, 2.45) is 0 Å². The number of nitrogens with zero attached hydrogens (tertiary/aromatic N) is 1. The molecule has 8 rings (SSSR count). The molecule has 194 valence electrons. The van der Waals surface area contributed by atoms with E-state index in [1.165, 1.54) is 87.5 Å². The molecule has 0 aliphatic rings. The Morgan fingerprint density at radius 2 is 1.02 bits per heavy atom. The topological polar surface area (TPSA) is 4.41 Å². The SMILES string of the molecule is Cc1cccc(-c2cc3c4cc5cc(C(C)C)ccc5cc4n4c5cc6ccc(C(C)C)cc6cc5c(c2)c34)c1. The maximum absolute atomic E-state index is 2.53. The molecular weight excluding hydrogens is 482 g/mol. The minimum absolute atomic E-state index is 0.510. The maximum Gasteiger partial charge on any atom is 0.0620 e. The Labute approximate surface area is 235 Å². The van der Waals surface area contributed by atoms with E-state index in [1.54, 1.807) is 0 Å². The van der Waals surface area contributed by atoms with Crippen LogP contribution < -0.4 is 0 Å². The third kappa shape index (κ3) is 3.34. The van der Waals surface area contributed by atoms with Crippen molar-refractivity contribution >= 4 is 59.6 Å². The van der Waals surface area contributed by atoms with Crippen molar-refractivity contribution in [2.75, 3.05) is 0 Å². The molecule has 0 spiro atoms. The van der Waals surface area contributed by atoms with Crippen molar-refractivity contribution in [1.82, 2.24) is 4.40 Å². The largest absolute Gasteiger partial charge is 0.308 e. The lowest BCUT2D eigenvalue weighted by molar-refractivity contribution is 0.869. The van der Waals surface area contributed by atoms with Gasteiger partial charge in [0.15, 0.2) is 0 Å². The van der Waals surface area contributed by atoms with Gasteiger partial charge in [-0.05, 0) is 99.0 Å². The van der Waals surface area contributed by atoms with E-state index < -0.39 is 0 Å². The summed E-state index contributed by atoms with van der Waals surface area (Å²) in [6, 6.07) is 37.4. The molecule has 0 amide bonds. The average Bonchev–Trinajstić information content (AvgIpc) is 3.44. The fourth-order valence-electron chi connectivity index (χ4n) is 6.78. The minimum atomic E-state index is 0.510. The molecule has 0 unspecified atom stereocenters. The highest BCUT2D eigenvalue weighted by molar-refractivity contribution is 6.27. The summed E-state index contributed by atoms with van der Waals surface area (Å²) in [6.45, 7) is 11.3. The van der Waals surface area contributed by atoms with Crippen molar-refractivity contribution in [3.8, 4) is 11.1 Å². The van der Waals surface area contributed by atoms with E-state index in [0.29, 0.717) is 11.8 Å². The zero-order valence-electron chi connectivity index (χ0n) is 23.8. The third-order valence-electron chi connectivity index (χ3n) is 9.04. The Balaban J connectivity index is 1.55. The highest BCUT2D eigenvalue weighted by Crippen LogP contribution is 2.44. The monoisotopic (exact) mass is 515 g/mol. The fraction of sp³-hybridized carbons (Fsp3) is 0.179. The van der Waals surface area contributed by atoms with Gasteiger partial charge in [0.2, 0.25) is 0 Å². The zero-order valence-corrected chi connectivity index (χ0v) is 23.8. The number of benzene rings is 6. The average molecular weight is 516 g/mol. The first-order valence-electron chi connectivity index (χ1n) is 14.6. The van der Waals surface area contributed by atoms with Gasteiger partial charge >= 0.3 is 0 Å². The number of rotatable bonds is 3. The molecule has 2 heterocycles. The van der Waals surface area contributed by atoms with E-state index in [-0.39, 0.29) is 0 Å². The quantitative estimate of drug-likeness (QED) is 0.220. The van der Waals surface area contributed by atoms with E-state index in [9.17, 15) is 0 Å². The summed E-state index contributed by atoms with van der Waals surface area (Å²) in [7, 11) is 0. The van der Waals surface area contributed by atoms with Gasteiger partial charge in [-0.15, -0.1) is 0 Å². The first kappa shape index (κ1) is 23.5. The van der Waals surface area contributed by atoms with Gasteiger partial charge in [0.25, 0.3) is 0 Å². The van der Waals surface area contributed by atoms with Crippen molar-refractivity contribution in [3.63, 3.8) is 0 Å². The molecule has 0 bridgehead atoms. The number of aryl methyl sites for hydroxylation is 1. The number of fused-ring (bicyclic) bond motifs is 8. The van der Waals surface area contributed by atoms with Crippen LogP contribution in [0.4, 0.5) is 0 Å². The number of hydrogen-bond acceptors (Lipinski definition) is 0. The molecule has 0 fully saturated rings. The van der Waals surface area contributed by atoms with Crippen LogP contribution in [0.15, 0.2) is 97.1 Å². The van der Waals surface area contributed by atoms with E-state index in [0.717, 1.165) is 0 Å². The molecule has 1 heteroatoms. The van der Waals surface area contributed by atoms with Crippen LogP contribution in [-0.4, -0.2) is 4.40 Å². The summed E-state index contributed by atoms with van der Waals surface area (Å²) in [5.41, 5.74) is 10.5. The molecule has 0 aliphatic heterocycles. The van der Waals surface area contributed by atoms with Gasteiger partial charge in [-0.1, -0.05) is 93.9 Å². The normalized spacial score (nSPS) is 12.6. The van der Waals surface area contributed by atoms with Crippen molar-refractivity contribution in [1.29, 1.82) is 0 Å². The van der Waals surface area contributed by atoms with Crippen LogP contribution in [-0.2, 0) is 0 Å². The van der Waals surface area contributed by atoms with Crippen LogP contribution in [0.2, 0.25) is 0 Å². The second-order valence-corrected chi connectivity index (χ2v) is 12.4. The summed E-state index contributed by atoms with van der Waals surface area (Å²) < 4.78 is 2.53. The Hall–Kier alpha value is -4.36. The third-order valence-corrected chi connectivity index (χ3v) is 9.04. The molecule has 6 aromatic carbocycles. The lowest BCUT2D eigenvalue weighted by Crippen LogP contribution is -1.88. The first-order valence-corrected chi connectivity index (χ1v) is 14.6. The zero-order chi connectivity index (χ0) is 27.3. The van der Waals surface area contributed by atoms with Gasteiger partial charge in [0.05, 0.1) is 16.6 Å². The van der Waals surface area contributed by atoms with E-state index >= 15 is 0 Å². The van der Waals surface area contributed by atoms with Crippen molar-refractivity contribution in [3.05, 3.63) is 114 Å². The van der Waals surface area contributed by atoms with Gasteiger partial charge in [0, 0.05) is 21.5 Å². The van der Waals surface area contributed by atoms with Crippen LogP contribution in [0.1, 0.15) is 56.2 Å². The molecule has 40 heavy (non-hydrogen) atoms. The molecule has 2 aromatic heterocycles. The summed E-state index contributed by atoms with van der Waals surface area (Å²) in [6.07, 6.45) is 0. The second-order valence-electron chi connectivity index (χ2n) is 12.4. The first-order chi connectivity index (χ1) is 19.4. The van der Waals surface area contributed by atoms with Gasteiger partial charge in [0.1, 0.15) is 0 Å². The predicted octanol–water partition coefficient (Wildman–Crippen LogP) is 11.4. The van der Waals surface area contributed by atoms with Crippen molar-refractivity contribution < 1.29 is 0 Å². The minimum Gasteiger partial charge on any atom is -0.308 e. The van der Waals surface area contributed by atoms with E-state index in [4.69, 9.17) is 0 Å². The van der Waals surface area contributed by atoms with Gasteiger partial charge in [-0.2, -0.15) is 0 Å². The molecule has 0 N–H and O–H groups in total. The summed E-state index contributed by atoms with van der Waals surface area (Å²) in [4.78, 5) is 0. The Morgan fingerprint density at radius 1 is 0.475 bits per heavy atom. The smallest absolute Gasteiger partial charge is 0.0620 e. The molecular formula is C39H33N. The molecule has 1 nitrogen and oxygen atoms in total. The Bertz CT molecular complexity index is 2140. The summed E-state index contributed by atoms with van der Waals surface area (Å²) >= 11 is 0. The lowest BCUT2D eigenvalue weighted by Gasteiger charge is -2.09. The second kappa shape index (κ2) is 8.32. The van der Waals surface area contributed by atoms with Gasteiger partial charge in [-0.25, -0.2) is 0 Å². The highest BCUT2D eigenvalue weighted by atomic mass is 14.9. The summed E-state index contributed by atoms with van der Waals surface area (Å²) in [5.74, 6) is 1.02. The van der Waals surface area contributed by atoms with Crippen LogP contribution in [0.25, 0.3) is 70.8 Å². The molecule has 0 aliphatic carbocycles. The molecule has 0 radical (unpaired) electrons. The maximum atomic E-state index is 2.53. The van der Waals surface area contributed by atoms with Crippen LogP contribution >= 0.6 is 0 Å². The summed E-state index contributed by atoms with van der Waals surface area (Å²) in [5, 5.41) is 10.6. The Morgan fingerprint density at radius 3 is 1.52 bits per heavy atom. The standard InChI is InChI=1S/C39H33N/c1-22(2)25-9-11-28-20-37-33(16-30(28)14-25)35-18-32(27-8-6-7-24(5)13-27)19-36-34-17-31-15-26(23(3)4)10-12-29(31)21-38(34)40(37)39(35)36/h6-23H,1-5H3. The molecule has 8 aromatic rings. The number of aromatic nitrogens is 1. The van der Waals surface area contributed by atoms with Crippen LogP contribution in [0.5, 0.6) is 0 Å². The van der Waals surface area contributed by atoms with Gasteiger partial charge in [-0.3, -0.25) is 0 Å².